The molecule has 0 spiro atoms. The summed E-state index contributed by atoms with van der Waals surface area (Å²) >= 11 is 1.33. The van der Waals surface area contributed by atoms with Crippen molar-refractivity contribution in [3.63, 3.8) is 0 Å². The lowest BCUT2D eigenvalue weighted by atomic mass is 10.1. The predicted molar refractivity (Wildman–Crippen MR) is 71.5 cm³/mol. The first kappa shape index (κ1) is 12.9. The molecule has 0 aliphatic rings. The summed E-state index contributed by atoms with van der Waals surface area (Å²) in [5.74, 6) is -0.474. The standard InChI is InChI=1S/C14H13F2NS/c1-9-10(3-2-4-13(9)17)8-18-14-6-5-11(15)7-12(14)16/h2-7H,8,17H2,1H3. The van der Waals surface area contributed by atoms with Crippen LogP contribution in [0.1, 0.15) is 11.1 Å². The van der Waals surface area contributed by atoms with Crippen LogP contribution >= 0.6 is 11.8 Å². The molecule has 0 amide bonds. The van der Waals surface area contributed by atoms with Crippen molar-refractivity contribution in [2.75, 3.05) is 5.73 Å². The average molecular weight is 265 g/mol. The van der Waals surface area contributed by atoms with Gasteiger partial charge in [-0.1, -0.05) is 12.1 Å². The van der Waals surface area contributed by atoms with Crippen molar-refractivity contribution in [2.45, 2.75) is 17.6 Å². The molecule has 0 saturated heterocycles. The highest BCUT2D eigenvalue weighted by atomic mass is 32.2. The molecule has 0 bridgehead atoms. The van der Waals surface area contributed by atoms with Gasteiger partial charge in [-0.2, -0.15) is 0 Å². The van der Waals surface area contributed by atoms with Crippen LogP contribution in [0.2, 0.25) is 0 Å². The van der Waals surface area contributed by atoms with E-state index in [1.807, 2.05) is 25.1 Å². The Balaban J connectivity index is 2.14. The van der Waals surface area contributed by atoms with Gasteiger partial charge in [0, 0.05) is 22.4 Å². The van der Waals surface area contributed by atoms with Gasteiger partial charge in [0.05, 0.1) is 0 Å². The zero-order valence-electron chi connectivity index (χ0n) is 9.91. The maximum Gasteiger partial charge on any atom is 0.139 e. The molecule has 0 atom stereocenters. The van der Waals surface area contributed by atoms with Crippen molar-refractivity contribution in [2.24, 2.45) is 0 Å². The SMILES string of the molecule is Cc1c(N)cccc1CSc1ccc(F)cc1F. The predicted octanol–water partition coefficient (Wildman–Crippen LogP) is 4.15. The Kier molecular flexibility index (Phi) is 3.87. The highest BCUT2D eigenvalue weighted by Gasteiger charge is 2.06. The minimum Gasteiger partial charge on any atom is -0.399 e. The van der Waals surface area contributed by atoms with E-state index in [9.17, 15) is 8.78 Å². The quantitative estimate of drug-likeness (QED) is 0.666. The van der Waals surface area contributed by atoms with Gasteiger partial charge in [-0.3, -0.25) is 0 Å². The van der Waals surface area contributed by atoms with E-state index < -0.39 is 11.6 Å². The van der Waals surface area contributed by atoms with Crippen molar-refractivity contribution in [3.8, 4) is 0 Å². The van der Waals surface area contributed by atoms with Gasteiger partial charge in [-0.25, -0.2) is 8.78 Å². The Morgan fingerprint density at radius 1 is 1.17 bits per heavy atom. The van der Waals surface area contributed by atoms with Crippen molar-refractivity contribution >= 4 is 17.4 Å². The summed E-state index contributed by atoms with van der Waals surface area (Å²) in [5, 5.41) is 0. The van der Waals surface area contributed by atoms with E-state index in [1.165, 1.54) is 23.9 Å². The second-order valence-electron chi connectivity index (χ2n) is 3.99. The third kappa shape index (κ3) is 2.82. The molecular weight excluding hydrogens is 252 g/mol. The fourth-order valence-corrected chi connectivity index (χ4v) is 2.59. The zero-order chi connectivity index (χ0) is 13.1. The van der Waals surface area contributed by atoms with Gasteiger partial charge in [0.15, 0.2) is 0 Å². The highest BCUT2D eigenvalue weighted by Crippen LogP contribution is 2.28. The van der Waals surface area contributed by atoms with Crippen LogP contribution < -0.4 is 5.73 Å². The molecule has 0 fully saturated rings. The molecular formula is C14H13F2NS. The van der Waals surface area contributed by atoms with Gasteiger partial charge in [0.2, 0.25) is 0 Å². The van der Waals surface area contributed by atoms with E-state index >= 15 is 0 Å². The molecule has 94 valence electrons. The van der Waals surface area contributed by atoms with Gasteiger partial charge in [0.25, 0.3) is 0 Å². The first-order valence-corrected chi connectivity index (χ1v) is 6.48. The van der Waals surface area contributed by atoms with E-state index in [0.717, 1.165) is 22.9 Å². The fourth-order valence-electron chi connectivity index (χ4n) is 1.61. The normalized spacial score (nSPS) is 10.6. The van der Waals surface area contributed by atoms with E-state index in [0.29, 0.717) is 10.6 Å². The van der Waals surface area contributed by atoms with Crippen molar-refractivity contribution in [3.05, 3.63) is 59.2 Å². The number of halogens is 2. The Hall–Kier alpha value is -1.55. The van der Waals surface area contributed by atoms with Crippen molar-refractivity contribution in [1.82, 2.24) is 0 Å². The van der Waals surface area contributed by atoms with Crippen LogP contribution in [0.4, 0.5) is 14.5 Å². The van der Waals surface area contributed by atoms with Gasteiger partial charge in [0.1, 0.15) is 11.6 Å². The lowest BCUT2D eigenvalue weighted by molar-refractivity contribution is 0.565. The summed E-state index contributed by atoms with van der Waals surface area (Å²) in [7, 11) is 0. The average Bonchev–Trinajstić information content (AvgIpc) is 2.33. The number of nitrogen functional groups attached to an aromatic ring is 1. The zero-order valence-corrected chi connectivity index (χ0v) is 10.7. The van der Waals surface area contributed by atoms with E-state index in [-0.39, 0.29) is 0 Å². The molecule has 2 rings (SSSR count). The number of hydrogen-bond acceptors (Lipinski definition) is 2. The minimum atomic E-state index is -0.558. The molecule has 2 aromatic rings. The molecule has 2 aromatic carbocycles. The lowest BCUT2D eigenvalue weighted by Gasteiger charge is -2.08. The maximum absolute atomic E-state index is 13.4. The van der Waals surface area contributed by atoms with E-state index in [4.69, 9.17) is 5.73 Å². The van der Waals surface area contributed by atoms with Gasteiger partial charge in [-0.15, -0.1) is 11.8 Å². The number of benzene rings is 2. The van der Waals surface area contributed by atoms with Gasteiger partial charge in [-0.05, 0) is 36.2 Å². The van der Waals surface area contributed by atoms with Crippen LogP contribution in [0.3, 0.4) is 0 Å². The molecule has 1 nitrogen and oxygen atoms in total. The first-order chi connectivity index (χ1) is 8.58. The summed E-state index contributed by atoms with van der Waals surface area (Å²) in [4.78, 5) is 0.443. The third-order valence-electron chi connectivity index (χ3n) is 2.76. The highest BCUT2D eigenvalue weighted by molar-refractivity contribution is 7.98. The number of thioether (sulfide) groups is 1. The number of nitrogens with two attached hydrogens (primary N) is 1. The Morgan fingerprint density at radius 3 is 2.67 bits per heavy atom. The van der Waals surface area contributed by atoms with Crippen LogP contribution in [0.5, 0.6) is 0 Å². The summed E-state index contributed by atoms with van der Waals surface area (Å²) in [5.41, 5.74) is 8.60. The molecule has 18 heavy (non-hydrogen) atoms. The molecule has 0 saturated carbocycles. The smallest absolute Gasteiger partial charge is 0.139 e. The Labute approximate surface area is 109 Å². The summed E-state index contributed by atoms with van der Waals surface area (Å²) in [6, 6.07) is 9.28. The number of rotatable bonds is 3. The molecule has 0 unspecified atom stereocenters. The third-order valence-corrected chi connectivity index (χ3v) is 3.86. The molecule has 4 heteroatoms. The molecule has 0 heterocycles. The van der Waals surface area contributed by atoms with E-state index in [1.54, 1.807) is 0 Å². The number of anilines is 1. The van der Waals surface area contributed by atoms with Crippen LogP contribution in [-0.4, -0.2) is 0 Å². The van der Waals surface area contributed by atoms with Crippen LogP contribution in [-0.2, 0) is 5.75 Å². The van der Waals surface area contributed by atoms with Crippen molar-refractivity contribution < 1.29 is 8.78 Å². The molecule has 0 aromatic heterocycles. The minimum absolute atomic E-state index is 0.443. The monoisotopic (exact) mass is 265 g/mol. The Morgan fingerprint density at radius 2 is 1.94 bits per heavy atom. The van der Waals surface area contributed by atoms with E-state index in [2.05, 4.69) is 0 Å². The van der Waals surface area contributed by atoms with Crippen LogP contribution in [0, 0.1) is 18.6 Å². The molecule has 0 aliphatic heterocycles. The summed E-state index contributed by atoms with van der Waals surface area (Å²) in [6.45, 7) is 1.94. The first-order valence-electron chi connectivity index (χ1n) is 5.50. The van der Waals surface area contributed by atoms with Crippen LogP contribution in [0.15, 0.2) is 41.3 Å². The number of hydrogen-bond donors (Lipinski definition) is 1. The van der Waals surface area contributed by atoms with Crippen LogP contribution in [0.25, 0.3) is 0 Å². The van der Waals surface area contributed by atoms with Gasteiger partial charge < -0.3 is 5.73 Å². The summed E-state index contributed by atoms with van der Waals surface area (Å²) < 4.78 is 26.2. The van der Waals surface area contributed by atoms with Gasteiger partial charge >= 0.3 is 0 Å². The fraction of sp³-hybridized carbons (Fsp3) is 0.143. The molecule has 0 aliphatic carbocycles. The van der Waals surface area contributed by atoms with Crippen molar-refractivity contribution in [1.29, 1.82) is 0 Å². The maximum atomic E-state index is 13.4. The lowest BCUT2D eigenvalue weighted by Crippen LogP contribution is -1.94. The second kappa shape index (κ2) is 5.40. The topological polar surface area (TPSA) is 26.0 Å². The Bertz CT molecular complexity index is 570. The summed E-state index contributed by atoms with van der Waals surface area (Å²) in [6.07, 6.45) is 0. The molecule has 2 N–H and O–H groups in total. The molecule has 0 radical (unpaired) electrons. The second-order valence-corrected chi connectivity index (χ2v) is 5.01. The largest absolute Gasteiger partial charge is 0.399 e.